The number of allylic oxidation sites excluding steroid dienone is 2. The Kier molecular flexibility index (Phi) is 1.60. The van der Waals surface area contributed by atoms with Gasteiger partial charge in [0.05, 0.1) is 16.1 Å². The zero-order valence-corrected chi connectivity index (χ0v) is 7.94. The number of rotatable bonds is 0. The maximum atomic E-state index is 8.95. The summed E-state index contributed by atoms with van der Waals surface area (Å²) in [5.41, 5.74) is -0.0177. The van der Waals surface area contributed by atoms with E-state index in [9.17, 15) is 0 Å². The second-order valence-electron chi connectivity index (χ2n) is 4.36. The van der Waals surface area contributed by atoms with Gasteiger partial charge in [0.15, 0.2) is 0 Å². The minimum Gasteiger partial charge on any atom is -0.198 e. The van der Waals surface area contributed by atoms with Crippen LogP contribution in [0.3, 0.4) is 0 Å². The van der Waals surface area contributed by atoms with Crippen molar-refractivity contribution in [2.75, 3.05) is 0 Å². The Bertz CT molecular complexity index is 335. The number of hydrogen-bond donors (Lipinski definition) is 0. The van der Waals surface area contributed by atoms with Crippen LogP contribution in [0.2, 0.25) is 0 Å². The highest BCUT2D eigenvalue weighted by atomic mass is 14.3. The van der Waals surface area contributed by atoms with Crippen molar-refractivity contribution >= 4 is 0 Å². The van der Waals surface area contributed by atoms with Crippen molar-refractivity contribution in [3.63, 3.8) is 0 Å². The third-order valence-corrected chi connectivity index (χ3v) is 2.40. The molecule has 1 aliphatic rings. The van der Waals surface area contributed by atoms with Crippen molar-refractivity contribution in [1.29, 1.82) is 5.26 Å². The summed E-state index contributed by atoms with van der Waals surface area (Å²) in [6, 6.07) is 1.89. The molecule has 0 aliphatic heterocycles. The van der Waals surface area contributed by atoms with Gasteiger partial charge in [-0.05, 0) is 24.2 Å². The zero-order chi connectivity index (χ0) is 11.9. The quantitative estimate of drug-likeness (QED) is 0.507. The third-order valence-electron chi connectivity index (χ3n) is 2.40. The van der Waals surface area contributed by atoms with E-state index in [-0.39, 0.29) is 23.4 Å². The van der Waals surface area contributed by atoms with Crippen molar-refractivity contribution in [3.05, 3.63) is 12.1 Å². The van der Waals surface area contributed by atoms with Gasteiger partial charge in [-0.15, -0.1) is 0 Å². The first kappa shape index (κ1) is 5.80. The molecule has 0 aromatic rings. The molecule has 0 heterocycles. The summed E-state index contributed by atoms with van der Waals surface area (Å²) < 4.78 is 23.2. The Labute approximate surface area is 79.3 Å². The lowest BCUT2D eigenvalue weighted by Crippen LogP contribution is -2.24. The van der Waals surface area contributed by atoms with Crippen LogP contribution in [-0.2, 0) is 0 Å². The number of nitriles is 1. The molecule has 1 heteroatoms. The lowest BCUT2D eigenvalue weighted by Gasteiger charge is -2.33. The first-order chi connectivity index (χ1) is 6.70. The molecule has 0 spiro atoms. The van der Waals surface area contributed by atoms with Crippen LogP contribution in [0.4, 0.5) is 0 Å². The summed E-state index contributed by atoms with van der Waals surface area (Å²) in [6.07, 6.45) is 0.888. The highest BCUT2D eigenvalue weighted by Gasteiger charge is 2.27. The van der Waals surface area contributed by atoms with E-state index in [1.165, 1.54) is 0 Å². The van der Waals surface area contributed by atoms with Gasteiger partial charge in [-0.1, -0.05) is 32.9 Å². The third kappa shape index (κ3) is 2.11. The van der Waals surface area contributed by atoms with E-state index < -0.39 is 5.89 Å². The molecule has 0 bridgehead atoms. The van der Waals surface area contributed by atoms with Crippen LogP contribution in [0.1, 0.15) is 37.7 Å². The van der Waals surface area contributed by atoms with Crippen LogP contribution in [0.15, 0.2) is 12.1 Å². The van der Waals surface area contributed by atoms with Crippen molar-refractivity contribution in [3.8, 4) is 6.07 Å². The van der Waals surface area contributed by atoms with Crippen LogP contribution in [-0.4, -0.2) is 0 Å². The second-order valence-corrected chi connectivity index (χ2v) is 4.36. The van der Waals surface area contributed by atoms with Gasteiger partial charge in [-0.25, -0.2) is 0 Å². The van der Waals surface area contributed by atoms with Gasteiger partial charge in [-0.2, -0.15) is 5.26 Å². The predicted octanol–water partition coefficient (Wildman–Crippen LogP) is 3.14. The van der Waals surface area contributed by atoms with Gasteiger partial charge in [0.1, 0.15) is 0 Å². The average Bonchev–Trinajstić information content (AvgIpc) is 2.12. The van der Waals surface area contributed by atoms with Gasteiger partial charge in [-0.3, -0.25) is 0 Å². The summed E-state index contributed by atoms with van der Waals surface area (Å²) >= 11 is 0. The second kappa shape index (κ2) is 3.31. The summed E-state index contributed by atoms with van der Waals surface area (Å²) in [5, 5.41) is 8.95. The fraction of sp³-hybridized carbons (Fsp3) is 0.727. The largest absolute Gasteiger partial charge is 0.198 e. The van der Waals surface area contributed by atoms with Gasteiger partial charge in [0.25, 0.3) is 0 Å². The normalized spacial score (nSPS) is 41.2. The van der Waals surface area contributed by atoms with Gasteiger partial charge in [0.2, 0.25) is 0 Å². The highest BCUT2D eigenvalue weighted by molar-refractivity contribution is 5.06. The Morgan fingerprint density at radius 2 is 2.33 bits per heavy atom. The highest BCUT2D eigenvalue weighted by Crippen LogP contribution is 2.36. The molecule has 1 aliphatic carbocycles. The molecule has 0 amide bonds. The molecule has 0 saturated heterocycles. The lowest BCUT2D eigenvalue weighted by atomic mass is 9.72. The van der Waals surface area contributed by atoms with Crippen LogP contribution >= 0.6 is 0 Å². The summed E-state index contributed by atoms with van der Waals surface area (Å²) in [5.74, 6) is -1.37. The first-order valence-electron chi connectivity index (χ1n) is 5.79. The summed E-state index contributed by atoms with van der Waals surface area (Å²) in [7, 11) is 0. The van der Waals surface area contributed by atoms with E-state index in [1.807, 2.05) is 6.07 Å². The SMILES string of the molecule is [2H]C1=C([2H])C([2H])(C#N)CC(C(C)(C)C)C1. The Hall–Kier alpha value is -0.770. The van der Waals surface area contributed by atoms with Gasteiger partial charge < -0.3 is 0 Å². The predicted molar refractivity (Wildman–Crippen MR) is 50.4 cm³/mol. The van der Waals surface area contributed by atoms with E-state index >= 15 is 0 Å². The molecule has 0 radical (unpaired) electrons. The smallest absolute Gasteiger partial charge is 0.0697 e. The number of nitrogens with zero attached hydrogens (tertiary/aromatic N) is 1. The summed E-state index contributed by atoms with van der Waals surface area (Å²) in [4.78, 5) is 0. The molecule has 0 saturated carbocycles. The molecule has 12 heavy (non-hydrogen) atoms. The van der Waals surface area contributed by atoms with Crippen molar-refractivity contribution in [2.24, 2.45) is 17.2 Å². The van der Waals surface area contributed by atoms with Crippen LogP contribution in [0.5, 0.6) is 0 Å². The Morgan fingerprint density at radius 1 is 1.67 bits per heavy atom. The molecule has 2 atom stereocenters. The fourth-order valence-electron chi connectivity index (χ4n) is 1.34. The van der Waals surface area contributed by atoms with Crippen LogP contribution in [0.25, 0.3) is 0 Å². The first-order valence-corrected chi connectivity index (χ1v) is 4.29. The van der Waals surface area contributed by atoms with E-state index in [0.29, 0.717) is 12.8 Å². The number of hydrogen-bond acceptors (Lipinski definition) is 1. The van der Waals surface area contributed by atoms with Crippen molar-refractivity contribution in [2.45, 2.75) is 33.6 Å². The standard InChI is InChI=1S/C11H17N/c1-11(2,3)10-6-4-5-9(7-10)8-12/h4-5,9-10H,6-7H2,1-3H3/i4D,5D,9D. The van der Waals surface area contributed by atoms with E-state index in [4.69, 9.17) is 9.37 Å². The van der Waals surface area contributed by atoms with Crippen molar-refractivity contribution < 1.29 is 4.11 Å². The van der Waals surface area contributed by atoms with E-state index in [2.05, 4.69) is 20.8 Å². The molecular formula is C11H17N. The molecule has 1 nitrogen and oxygen atoms in total. The fourth-order valence-corrected chi connectivity index (χ4v) is 1.34. The molecule has 2 unspecified atom stereocenters. The average molecular weight is 166 g/mol. The molecular weight excluding hydrogens is 146 g/mol. The van der Waals surface area contributed by atoms with E-state index in [1.54, 1.807) is 0 Å². The Balaban J connectivity index is 3.08. The maximum absolute atomic E-state index is 8.95. The zero-order valence-electron chi connectivity index (χ0n) is 10.9. The minimum absolute atomic E-state index is 0.0177. The molecule has 0 aromatic heterocycles. The van der Waals surface area contributed by atoms with Gasteiger partial charge >= 0.3 is 0 Å². The monoisotopic (exact) mass is 166 g/mol. The van der Waals surface area contributed by atoms with Crippen LogP contribution in [0, 0.1) is 28.6 Å². The maximum Gasteiger partial charge on any atom is 0.0697 e. The van der Waals surface area contributed by atoms with E-state index in [0.717, 1.165) is 0 Å². The molecule has 0 aromatic carbocycles. The topological polar surface area (TPSA) is 23.8 Å². The van der Waals surface area contributed by atoms with Crippen LogP contribution < -0.4 is 0 Å². The minimum atomic E-state index is -1.51. The Morgan fingerprint density at radius 3 is 2.83 bits per heavy atom. The van der Waals surface area contributed by atoms with Gasteiger partial charge in [0, 0.05) is 0 Å². The summed E-state index contributed by atoms with van der Waals surface area (Å²) in [6.45, 7) is 6.16. The lowest BCUT2D eigenvalue weighted by molar-refractivity contribution is 0.211. The molecule has 0 N–H and O–H groups in total. The molecule has 0 fully saturated rings. The van der Waals surface area contributed by atoms with Crippen molar-refractivity contribution in [1.82, 2.24) is 0 Å². The molecule has 66 valence electrons. The molecule has 1 rings (SSSR count).